The lowest BCUT2D eigenvalue weighted by atomic mass is 9.99. The molecule has 9 heteroatoms. The summed E-state index contributed by atoms with van der Waals surface area (Å²) in [6.45, 7) is 2.97. The quantitative estimate of drug-likeness (QED) is 0.471. The van der Waals surface area contributed by atoms with Crippen molar-refractivity contribution in [3.63, 3.8) is 0 Å². The number of rotatable bonds is 3. The minimum absolute atomic E-state index is 0.0265. The monoisotopic (exact) mass is 354 g/mol. The maximum atomic E-state index is 12.3. The van der Waals surface area contributed by atoms with E-state index in [1.165, 1.54) is 38.1 Å². The molecule has 0 atom stereocenters. The Morgan fingerprint density at radius 2 is 1.91 bits per heavy atom. The van der Waals surface area contributed by atoms with Crippen molar-refractivity contribution in [2.24, 2.45) is 4.40 Å². The summed E-state index contributed by atoms with van der Waals surface area (Å²) in [5, 5.41) is 10.6. The van der Waals surface area contributed by atoms with Gasteiger partial charge in [0.1, 0.15) is 0 Å². The number of hydrogen-bond donors (Lipinski definition) is 0. The van der Waals surface area contributed by atoms with E-state index in [0.29, 0.717) is 0 Å². The summed E-state index contributed by atoms with van der Waals surface area (Å²) in [5.41, 5.74) is 0.158. The van der Waals surface area contributed by atoms with E-state index in [4.69, 9.17) is 11.6 Å². The summed E-state index contributed by atoms with van der Waals surface area (Å²) in [6, 6.07) is 4.56. The van der Waals surface area contributed by atoms with E-state index in [0.717, 1.165) is 6.07 Å². The molecular formula is C14H11ClN2O5S. The maximum absolute atomic E-state index is 12.3. The molecule has 1 aliphatic rings. The summed E-state index contributed by atoms with van der Waals surface area (Å²) in [7, 11) is -4.18. The number of Topliss-reactive ketones (excluding diaryl/α,β-unsaturated/α-hetero) is 1. The predicted molar refractivity (Wildman–Crippen MR) is 85.0 cm³/mol. The minimum atomic E-state index is -4.18. The second-order valence-corrected chi connectivity index (χ2v) is 6.78. The van der Waals surface area contributed by atoms with Crippen LogP contribution in [0.15, 0.2) is 55.8 Å². The standard InChI is InChI=1S/C14H11ClN2O5S/c1-8-6-12(9(2)13(15)14(8)18)16-23(21,22)11-5-3-4-10(7-11)17(19)20/h3-7H,1-2H3/b16-12+. The fraction of sp³-hybridized carbons (Fsp3) is 0.143. The number of allylic oxidation sites excluding steroid dienone is 4. The third-order valence-corrected chi connectivity index (χ3v) is 4.91. The summed E-state index contributed by atoms with van der Waals surface area (Å²) in [6.07, 6.45) is 1.32. The van der Waals surface area contributed by atoms with Gasteiger partial charge in [0.2, 0.25) is 0 Å². The maximum Gasteiger partial charge on any atom is 0.283 e. The van der Waals surface area contributed by atoms with Gasteiger partial charge in [-0.1, -0.05) is 17.7 Å². The lowest BCUT2D eigenvalue weighted by molar-refractivity contribution is -0.385. The molecule has 1 aliphatic carbocycles. The number of carbonyl (C=O) groups excluding carboxylic acids is 1. The van der Waals surface area contributed by atoms with Crippen LogP contribution in [0.3, 0.4) is 0 Å². The van der Waals surface area contributed by atoms with Gasteiger partial charge in [-0.2, -0.15) is 12.8 Å². The highest BCUT2D eigenvalue weighted by molar-refractivity contribution is 7.90. The fourth-order valence-corrected chi connectivity index (χ4v) is 3.19. The summed E-state index contributed by atoms with van der Waals surface area (Å²) in [4.78, 5) is 21.4. The van der Waals surface area contributed by atoms with Crippen LogP contribution >= 0.6 is 11.6 Å². The molecule has 0 spiro atoms. The zero-order valence-electron chi connectivity index (χ0n) is 12.1. The minimum Gasteiger partial charge on any atom is -0.288 e. The average Bonchev–Trinajstić information content (AvgIpc) is 2.50. The zero-order chi connectivity index (χ0) is 17.4. The smallest absolute Gasteiger partial charge is 0.283 e. The lowest BCUT2D eigenvalue weighted by Gasteiger charge is -2.12. The zero-order valence-corrected chi connectivity index (χ0v) is 13.7. The number of non-ortho nitro benzene ring substituents is 1. The Labute approximate surface area is 137 Å². The molecule has 0 radical (unpaired) electrons. The molecule has 1 aromatic carbocycles. The Bertz CT molecular complexity index is 913. The first-order chi connectivity index (χ1) is 10.6. The highest BCUT2D eigenvalue weighted by Crippen LogP contribution is 2.25. The summed E-state index contributed by atoms with van der Waals surface area (Å²) < 4.78 is 28.3. The van der Waals surface area contributed by atoms with Crippen molar-refractivity contribution >= 4 is 38.8 Å². The van der Waals surface area contributed by atoms with Crippen molar-refractivity contribution in [1.82, 2.24) is 0 Å². The molecule has 2 rings (SSSR count). The molecule has 7 nitrogen and oxygen atoms in total. The second kappa shape index (κ2) is 6.05. The molecule has 0 N–H and O–H groups in total. The van der Waals surface area contributed by atoms with Crippen LogP contribution in [0.5, 0.6) is 0 Å². The Hall–Kier alpha value is -2.32. The van der Waals surface area contributed by atoms with Crippen LogP contribution in [0.4, 0.5) is 5.69 Å². The number of hydrogen-bond acceptors (Lipinski definition) is 5. The highest BCUT2D eigenvalue weighted by atomic mass is 35.5. The number of carbonyl (C=O) groups is 1. The number of halogens is 1. The number of sulfonamides is 1. The highest BCUT2D eigenvalue weighted by Gasteiger charge is 2.24. The topological polar surface area (TPSA) is 107 Å². The van der Waals surface area contributed by atoms with Crippen LogP contribution in [0.1, 0.15) is 13.8 Å². The van der Waals surface area contributed by atoms with Gasteiger partial charge in [-0.3, -0.25) is 14.9 Å². The van der Waals surface area contributed by atoms with Gasteiger partial charge in [0, 0.05) is 17.7 Å². The number of nitrogens with zero attached hydrogens (tertiary/aromatic N) is 2. The van der Waals surface area contributed by atoms with Crippen LogP contribution in [-0.4, -0.2) is 24.8 Å². The largest absolute Gasteiger partial charge is 0.288 e. The van der Waals surface area contributed by atoms with E-state index >= 15 is 0 Å². The number of nitro groups is 1. The van der Waals surface area contributed by atoms with Crippen molar-refractivity contribution in [3.8, 4) is 0 Å². The third-order valence-electron chi connectivity index (χ3n) is 3.17. The number of ketones is 1. The first-order valence-corrected chi connectivity index (χ1v) is 8.14. The summed E-state index contributed by atoms with van der Waals surface area (Å²) >= 11 is 5.87. The van der Waals surface area contributed by atoms with Crippen LogP contribution in [0.2, 0.25) is 0 Å². The van der Waals surface area contributed by atoms with Gasteiger partial charge in [0.15, 0.2) is 5.78 Å². The van der Waals surface area contributed by atoms with E-state index in [1.807, 2.05) is 0 Å². The molecule has 0 bridgehead atoms. The average molecular weight is 355 g/mol. The van der Waals surface area contributed by atoms with E-state index in [2.05, 4.69) is 4.40 Å². The Morgan fingerprint density at radius 3 is 2.52 bits per heavy atom. The summed E-state index contributed by atoms with van der Waals surface area (Å²) in [5.74, 6) is -0.393. The van der Waals surface area contributed by atoms with Crippen molar-refractivity contribution < 1.29 is 18.1 Å². The first kappa shape index (κ1) is 17.0. The van der Waals surface area contributed by atoms with Gasteiger partial charge in [0.25, 0.3) is 15.7 Å². The molecule has 0 saturated carbocycles. The van der Waals surface area contributed by atoms with Crippen LogP contribution < -0.4 is 0 Å². The van der Waals surface area contributed by atoms with Crippen molar-refractivity contribution in [2.45, 2.75) is 18.7 Å². The molecular weight excluding hydrogens is 344 g/mol. The van der Waals surface area contributed by atoms with E-state index in [1.54, 1.807) is 0 Å². The molecule has 23 heavy (non-hydrogen) atoms. The van der Waals surface area contributed by atoms with Crippen molar-refractivity contribution in [2.75, 3.05) is 0 Å². The molecule has 0 unspecified atom stereocenters. The van der Waals surface area contributed by atoms with Crippen molar-refractivity contribution in [1.29, 1.82) is 0 Å². The molecule has 0 fully saturated rings. The first-order valence-electron chi connectivity index (χ1n) is 6.32. The van der Waals surface area contributed by atoms with Crippen molar-refractivity contribution in [3.05, 3.63) is 56.6 Å². The predicted octanol–water partition coefficient (Wildman–Crippen LogP) is 2.77. The van der Waals surface area contributed by atoms with E-state index in [-0.39, 0.29) is 32.5 Å². The molecule has 0 amide bonds. The van der Waals surface area contributed by atoms with Gasteiger partial charge < -0.3 is 0 Å². The molecule has 0 saturated heterocycles. The second-order valence-electron chi connectivity index (χ2n) is 4.80. The van der Waals surface area contributed by atoms with Gasteiger partial charge in [-0.15, -0.1) is 0 Å². The van der Waals surface area contributed by atoms with Gasteiger partial charge in [-0.25, -0.2) is 0 Å². The molecule has 120 valence electrons. The van der Waals surface area contributed by atoms with Gasteiger partial charge in [-0.05, 0) is 31.6 Å². The molecule has 0 aromatic heterocycles. The normalized spacial score (nSPS) is 17.4. The van der Waals surface area contributed by atoms with E-state index < -0.39 is 20.7 Å². The SMILES string of the molecule is CC1=C/C(=N\S(=O)(=O)c2cccc([N+](=O)[O-])c2)C(C)=C(Cl)C1=O. The lowest BCUT2D eigenvalue weighted by Crippen LogP contribution is -2.15. The van der Waals surface area contributed by atoms with Crippen LogP contribution in [0, 0.1) is 10.1 Å². The Morgan fingerprint density at radius 1 is 1.26 bits per heavy atom. The Kier molecular flexibility index (Phi) is 4.49. The van der Waals surface area contributed by atoms with Crippen LogP contribution in [-0.2, 0) is 14.8 Å². The number of nitro benzene ring substituents is 1. The van der Waals surface area contributed by atoms with Gasteiger partial charge in [0.05, 0.1) is 20.6 Å². The van der Waals surface area contributed by atoms with Crippen LogP contribution in [0.25, 0.3) is 0 Å². The third kappa shape index (κ3) is 3.38. The molecule has 1 aromatic rings. The molecule has 0 aliphatic heterocycles. The fourth-order valence-electron chi connectivity index (χ4n) is 1.87. The van der Waals surface area contributed by atoms with E-state index in [9.17, 15) is 23.3 Å². The van der Waals surface area contributed by atoms with Gasteiger partial charge >= 0.3 is 0 Å². The molecule has 0 heterocycles. The Balaban J connectivity index is 2.55. The number of benzene rings is 1.